The van der Waals surface area contributed by atoms with Gasteiger partial charge in [-0.25, -0.2) is 4.98 Å². The van der Waals surface area contributed by atoms with Crippen molar-refractivity contribution >= 4 is 26.8 Å². The molecule has 0 saturated heterocycles. The first-order valence-electron chi connectivity index (χ1n) is 6.00. The van der Waals surface area contributed by atoms with Crippen LogP contribution in [0.1, 0.15) is 12.8 Å². The van der Waals surface area contributed by atoms with Crippen LogP contribution in [0.5, 0.6) is 0 Å². The summed E-state index contributed by atoms with van der Waals surface area (Å²) in [6.07, 6.45) is 2.06. The number of benzene rings is 1. The number of anilines is 1. The van der Waals surface area contributed by atoms with Crippen molar-refractivity contribution in [3.05, 3.63) is 36.4 Å². The second kappa shape index (κ2) is 4.64. The van der Waals surface area contributed by atoms with Crippen LogP contribution in [0.3, 0.4) is 0 Å². The van der Waals surface area contributed by atoms with Gasteiger partial charge in [-0.15, -0.1) is 0 Å². The van der Waals surface area contributed by atoms with E-state index in [1.165, 1.54) is 12.3 Å². The van der Waals surface area contributed by atoms with E-state index in [-0.39, 0.29) is 5.03 Å². The van der Waals surface area contributed by atoms with Gasteiger partial charge in [-0.1, -0.05) is 6.92 Å². The van der Waals surface area contributed by atoms with Crippen LogP contribution in [0, 0.1) is 0 Å². The predicted molar refractivity (Wildman–Crippen MR) is 72.8 cm³/mol. The summed E-state index contributed by atoms with van der Waals surface area (Å²) in [5.41, 5.74) is 1.67. The van der Waals surface area contributed by atoms with Crippen molar-refractivity contribution < 1.29 is 12.8 Å². The molecule has 20 heavy (non-hydrogen) atoms. The Balaban J connectivity index is 1.95. The smallest absolute Gasteiger partial charge is 0.278 e. The van der Waals surface area contributed by atoms with Crippen LogP contribution < -0.4 is 4.72 Å². The fourth-order valence-corrected chi connectivity index (χ4v) is 2.75. The zero-order valence-corrected chi connectivity index (χ0v) is 11.4. The van der Waals surface area contributed by atoms with E-state index >= 15 is 0 Å². The second-order valence-electron chi connectivity index (χ2n) is 4.17. The van der Waals surface area contributed by atoms with Crippen LogP contribution >= 0.6 is 0 Å². The molecular weight excluding hydrogens is 280 g/mol. The Morgan fingerprint density at radius 2 is 2.20 bits per heavy atom. The van der Waals surface area contributed by atoms with Crippen LogP contribution in [0.25, 0.3) is 11.1 Å². The SMILES string of the molecule is CCc1nc2cc(NS(=O)(=O)c3ccn[nH]3)ccc2o1. The highest BCUT2D eigenvalue weighted by molar-refractivity contribution is 7.92. The number of fused-ring (bicyclic) bond motifs is 1. The van der Waals surface area contributed by atoms with Gasteiger partial charge in [0.2, 0.25) is 0 Å². The minimum atomic E-state index is -3.66. The summed E-state index contributed by atoms with van der Waals surface area (Å²) in [4.78, 5) is 4.26. The average molecular weight is 292 g/mol. The molecule has 3 aromatic rings. The van der Waals surface area contributed by atoms with Gasteiger partial charge in [0.1, 0.15) is 5.52 Å². The van der Waals surface area contributed by atoms with Crippen molar-refractivity contribution in [2.24, 2.45) is 0 Å². The standard InChI is InChI=1S/C12H12N4O3S/c1-2-11-14-9-7-8(3-4-10(9)19-11)16-20(17,18)12-5-6-13-15-12/h3-7,16H,2H2,1H3,(H,13,15). The van der Waals surface area contributed by atoms with Crippen molar-refractivity contribution in [1.82, 2.24) is 15.2 Å². The van der Waals surface area contributed by atoms with Crippen LogP contribution in [0.2, 0.25) is 0 Å². The highest BCUT2D eigenvalue weighted by Gasteiger charge is 2.16. The van der Waals surface area contributed by atoms with Crippen LogP contribution in [-0.4, -0.2) is 23.6 Å². The number of aromatic amines is 1. The van der Waals surface area contributed by atoms with Crippen molar-refractivity contribution in [3.8, 4) is 0 Å². The Morgan fingerprint density at radius 3 is 2.90 bits per heavy atom. The lowest BCUT2D eigenvalue weighted by atomic mass is 10.3. The second-order valence-corrected chi connectivity index (χ2v) is 5.82. The lowest BCUT2D eigenvalue weighted by Crippen LogP contribution is -2.13. The molecule has 0 aliphatic rings. The quantitative estimate of drug-likeness (QED) is 0.765. The molecule has 0 fully saturated rings. The molecule has 1 aromatic carbocycles. The minimum Gasteiger partial charge on any atom is -0.441 e. The van der Waals surface area contributed by atoms with Gasteiger partial charge in [0.15, 0.2) is 16.5 Å². The maximum atomic E-state index is 12.0. The summed E-state index contributed by atoms with van der Waals surface area (Å²) in [7, 11) is -3.66. The highest BCUT2D eigenvalue weighted by Crippen LogP contribution is 2.22. The lowest BCUT2D eigenvalue weighted by Gasteiger charge is -2.05. The number of aryl methyl sites for hydroxylation is 1. The summed E-state index contributed by atoms with van der Waals surface area (Å²) in [5.74, 6) is 0.619. The Bertz CT molecular complexity index is 837. The Labute approximate surface area is 115 Å². The number of H-pyrrole nitrogens is 1. The van der Waals surface area contributed by atoms with E-state index in [0.717, 1.165) is 0 Å². The van der Waals surface area contributed by atoms with E-state index in [2.05, 4.69) is 19.9 Å². The zero-order valence-electron chi connectivity index (χ0n) is 10.6. The molecular formula is C12H12N4O3S. The molecule has 0 spiro atoms. The predicted octanol–water partition coefficient (Wildman–Crippen LogP) is 1.91. The van der Waals surface area contributed by atoms with Gasteiger partial charge in [0.05, 0.1) is 11.9 Å². The molecule has 0 amide bonds. The van der Waals surface area contributed by atoms with E-state index in [4.69, 9.17) is 4.42 Å². The molecule has 8 heteroatoms. The zero-order chi connectivity index (χ0) is 14.2. The number of aromatic nitrogens is 3. The van der Waals surface area contributed by atoms with E-state index in [0.29, 0.717) is 29.1 Å². The van der Waals surface area contributed by atoms with Gasteiger partial charge in [-0.3, -0.25) is 9.82 Å². The topological polar surface area (TPSA) is 101 Å². The minimum absolute atomic E-state index is 0.00648. The summed E-state index contributed by atoms with van der Waals surface area (Å²) >= 11 is 0. The van der Waals surface area contributed by atoms with Crippen LogP contribution in [0.4, 0.5) is 5.69 Å². The fraction of sp³-hybridized carbons (Fsp3) is 0.167. The maximum Gasteiger partial charge on any atom is 0.278 e. The number of oxazole rings is 1. The maximum absolute atomic E-state index is 12.0. The molecule has 2 heterocycles. The summed E-state index contributed by atoms with van der Waals surface area (Å²) in [6.45, 7) is 1.94. The van der Waals surface area contributed by atoms with Crippen LogP contribution in [0.15, 0.2) is 39.9 Å². The largest absolute Gasteiger partial charge is 0.441 e. The third kappa shape index (κ3) is 2.25. The van der Waals surface area contributed by atoms with E-state index < -0.39 is 10.0 Å². The number of hydrogen-bond donors (Lipinski definition) is 2. The van der Waals surface area contributed by atoms with Crippen LogP contribution in [-0.2, 0) is 16.4 Å². The molecule has 0 unspecified atom stereocenters. The normalized spacial score (nSPS) is 11.8. The Hall–Kier alpha value is -2.35. The lowest BCUT2D eigenvalue weighted by molar-refractivity contribution is 0.538. The van der Waals surface area contributed by atoms with Crippen molar-refractivity contribution in [3.63, 3.8) is 0 Å². The van der Waals surface area contributed by atoms with E-state index in [1.807, 2.05) is 6.92 Å². The molecule has 0 radical (unpaired) electrons. The number of hydrogen-bond acceptors (Lipinski definition) is 5. The molecule has 3 rings (SSSR count). The number of nitrogens with zero attached hydrogens (tertiary/aromatic N) is 2. The van der Waals surface area contributed by atoms with Crippen molar-refractivity contribution in [1.29, 1.82) is 0 Å². The van der Waals surface area contributed by atoms with Gasteiger partial charge < -0.3 is 4.42 Å². The third-order valence-electron chi connectivity index (χ3n) is 2.75. The molecule has 2 N–H and O–H groups in total. The molecule has 0 aliphatic carbocycles. The summed E-state index contributed by atoms with van der Waals surface area (Å²) < 4.78 is 32.0. The molecule has 0 bridgehead atoms. The van der Waals surface area contributed by atoms with Crippen molar-refractivity contribution in [2.75, 3.05) is 4.72 Å². The van der Waals surface area contributed by atoms with Crippen molar-refractivity contribution in [2.45, 2.75) is 18.4 Å². The molecule has 0 atom stereocenters. The van der Waals surface area contributed by atoms with Gasteiger partial charge in [-0.05, 0) is 24.3 Å². The monoisotopic (exact) mass is 292 g/mol. The van der Waals surface area contributed by atoms with Gasteiger partial charge in [0, 0.05) is 6.42 Å². The van der Waals surface area contributed by atoms with Gasteiger partial charge in [-0.2, -0.15) is 13.5 Å². The number of sulfonamides is 1. The fourth-order valence-electron chi connectivity index (χ4n) is 1.79. The van der Waals surface area contributed by atoms with E-state index in [1.54, 1.807) is 18.2 Å². The Morgan fingerprint density at radius 1 is 1.35 bits per heavy atom. The first-order valence-corrected chi connectivity index (χ1v) is 7.48. The molecule has 2 aromatic heterocycles. The van der Waals surface area contributed by atoms with Gasteiger partial charge >= 0.3 is 0 Å². The Kier molecular flexibility index (Phi) is 2.94. The van der Waals surface area contributed by atoms with Gasteiger partial charge in [0.25, 0.3) is 10.0 Å². The van der Waals surface area contributed by atoms with E-state index in [9.17, 15) is 8.42 Å². The molecule has 104 valence electrons. The summed E-state index contributed by atoms with van der Waals surface area (Å²) in [5, 5.41) is 6.04. The highest BCUT2D eigenvalue weighted by atomic mass is 32.2. The molecule has 0 saturated carbocycles. The number of rotatable bonds is 4. The molecule has 0 aliphatic heterocycles. The third-order valence-corrected chi connectivity index (χ3v) is 4.06. The number of nitrogens with one attached hydrogen (secondary N) is 2. The average Bonchev–Trinajstić information content (AvgIpc) is 3.07. The molecule has 7 nitrogen and oxygen atoms in total. The first-order chi connectivity index (χ1) is 9.58. The first kappa shape index (κ1) is 12.7. The summed E-state index contributed by atoms with van der Waals surface area (Å²) in [6, 6.07) is 6.32.